The topological polar surface area (TPSA) is 116 Å². The summed E-state index contributed by atoms with van der Waals surface area (Å²) in [5.41, 5.74) is 7.02. The molecular formula is C18H21N3O5. The van der Waals surface area contributed by atoms with Crippen molar-refractivity contribution in [2.75, 3.05) is 18.1 Å². The van der Waals surface area contributed by atoms with Crippen LogP contribution in [0.4, 0.5) is 5.69 Å². The third-order valence-corrected chi connectivity index (χ3v) is 3.81. The molecule has 2 amide bonds. The molecule has 0 aliphatic heterocycles. The van der Waals surface area contributed by atoms with Gasteiger partial charge in [-0.3, -0.25) is 14.4 Å². The van der Waals surface area contributed by atoms with Crippen molar-refractivity contribution in [3.8, 4) is 0 Å². The summed E-state index contributed by atoms with van der Waals surface area (Å²) in [6.45, 7) is 3.11. The van der Waals surface area contributed by atoms with Gasteiger partial charge in [0.1, 0.15) is 5.76 Å². The van der Waals surface area contributed by atoms with Crippen LogP contribution >= 0.6 is 0 Å². The first-order valence-electron chi connectivity index (χ1n) is 8.09. The van der Waals surface area contributed by atoms with Crippen molar-refractivity contribution >= 4 is 23.5 Å². The summed E-state index contributed by atoms with van der Waals surface area (Å²) in [4.78, 5) is 36.9. The Bertz CT molecular complexity index is 766. The third-order valence-electron chi connectivity index (χ3n) is 3.81. The number of nitrogens with two attached hydrogens (primary N) is 1. The Hall–Kier alpha value is -3.16. The van der Waals surface area contributed by atoms with Gasteiger partial charge in [0.25, 0.3) is 5.91 Å². The van der Waals surface area contributed by atoms with Gasteiger partial charge < -0.3 is 19.9 Å². The highest BCUT2D eigenvalue weighted by atomic mass is 16.5. The van der Waals surface area contributed by atoms with E-state index in [1.165, 1.54) is 4.90 Å². The number of esters is 1. The summed E-state index contributed by atoms with van der Waals surface area (Å²) in [5.74, 6) is -0.979. The van der Waals surface area contributed by atoms with Crippen LogP contribution < -0.4 is 10.6 Å². The monoisotopic (exact) mass is 359 g/mol. The standard InChI is InChI=1S/C18H21N3O5/c1-12-15(13(2)26-20-12)10-18(24)25-11-17(23)21(9-8-16(19)22)14-6-4-3-5-7-14/h3-7H,8-11H2,1-2H3,(H2,19,22). The number of amides is 2. The number of primary amides is 1. The van der Waals surface area contributed by atoms with Crippen LogP contribution in [0.3, 0.4) is 0 Å². The number of carbonyl (C=O) groups is 3. The highest BCUT2D eigenvalue weighted by molar-refractivity contribution is 5.95. The van der Waals surface area contributed by atoms with Crippen LogP contribution in [0.15, 0.2) is 34.9 Å². The molecule has 0 bridgehead atoms. The maximum atomic E-state index is 12.5. The number of hydrogen-bond acceptors (Lipinski definition) is 6. The molecule has 2 rings (SSSR count). The Balaban J connectivity index is 1.98. The molecule has 26 heavy (non-hydrogen) atoms. The van der Waals surface area contributed by atoms with Crippen LogP contribution in [0.2, 0.25) is 0 Å². The van der Waals surface area contributed by atoms with Crippen molar-refractivity contribution in [3.63, 3.8) is 0 Å². The van der Waals surface area contributed by atoms with Gasteiger partial charge in [-0.05, 0) is 26.0 Å². The molecule has 8 nitrogen and oxygen atoms in total. The van der Waals surface area contributed by atoms with Gasteiger partial charge in [0.15, 0.2) is 6.61 Å². The normalized spacial score (nSPS) is 10.4. The number of hydrogen-bond donors (Lipinski definition) is 1. The largest absolute Gasteiger partial charge is 0.455 e. The summed E-state index contributed by atoms with van der Waals surface area (Å²) < 4.78 is 10.1. The molecule has 0 saturated carbocycles. The average Bonchev–Trinajstić information content (AvgIpc) is 2.92. The Morgan fingerprint density at radius 1 is 1.19 bits per heavy atom. The number of rotatable bonds is 8. The van der Waals surface area contributed by atoms with E-state index in [0.29, 0.717) is 22.7 Å². The lowest BCUT2D eigenvalue weighted by Gasteiger charge is -2.22. The minimum Gasteiger partial charge on any atom is -0.455 e. The van der Waals surface area contributed by atoms with E-state index in [1.54, 1.807) is 38.1 Å². The SMILES string of the molecule is Cc1noc(C)c1CC(=O)OCC(=O)N(CCC(N)=O)c1ccccc1. The van der Waals surface area contributed by atoms with Gasteiger partial charge in [-0.15, -0.1) is 0 Å². The molecule has 138 valence electrons. The molecule has 0 fully saturated rings. The van der Waals surface area contributed by atoms with Crippen LogP contribution in [0.5, 0.6) is 0 Å². The summed E-state index contributed by atoms with van der Waals surface area (Å²) in [6.07, 6.45) is -0.0191. The van der Waals surface area contributed by atoms with Crippen molar-refractivity contribution in [1.82, 2.24) is 5.16 Å². The van der Waals surface area contributed by atoms with Gasteiger partial charge in [0.2, 0.25) is 5.91 Å². The molecule has 0 saturated heterocycles. The summed E-state index contributed by atoms with van der Waals surface area (Å²) in [7, 11) is 0. The summed E-state index contributed by atoms with van der Waals surface area (Å²) >= 11 is 0. The molecular weight excluding hydrogens is 338 g/mol. The fourth-order valence-electron chi connectivity index (χ4n) is 2.40. The van der Waals surface area contributed by atoms with Crippen LogP contribution in [0.1, 0.15) is 23.4 Å². The maximum absolute atomic E-state index is 12.5. The lowest BCUT2D eigenvalue weighted by Crippen LogP contribution is -2.37. The van der Waals surface area contributed by atoms with Gasteiger partial charge in [-0.2, -0.15) is 0 Å². The number of carbonyl (C=O) groups excluding carboxylic acids is 3. The zero-order valence-electron chi connectivity index (χ0n) is 14.7. The molecule has 1 heterocycles. The molecule has 1 aromatic heterocycles. The number of anilines is 1. The van der Waals surface area contributed by atoms with Gasteiger partial charge in [-0.1, -0.05) is 23.4 Å². The summed E-state index contributed by atoms with van der Waals surface area (Å²) in [5, 5.41) is 3.77. The number of nitrogens with zero attached hydrogens (tertiary/aromatic N) is 2. The first kappa shape index (κ1) is 19.2. The van der Waals surface area contributed by atoms with Crippen LogP contribution in [0.25, 0.3) is 0 Å². The molecule has 0 aliphatic rings. The van der Waals surface area contributed by atoms with Crippen LogP contribution in [-0.4, -0.2) is 36.1 Å². The van der Waals surface area contributed by atoms with Gasteiger partial charge in [0.05, 0.1) is 12.1 Å². The minimum atomic E-state index is -0.560. The molecule has 2 N–H and O–H groups in total. The van der Waals surface area contributed by atoms with Crippen molar-refractivity contribution in [1.29, 1.82) is 0 Å². The van der Waals surface area contributed by atoms with E-state index in [2.05, 4.69) is 5.16 Å². The Morgan fingerprint density at radius 3 is 2.46 bits per heavy atom. The number of para-hydroxylation sites is 1. The molecule has 0 radical (unpaired) electrons. The lowest BCUT2D eigenvalue weighted by molar-refractivity contribution is -0.147. The second kappa shape index (κ2) is 8.80. The number of benzene rings is 1. The highest BCUT2D eigenvalue weighted by Gasteiger charge is 2.20. The van der Waals surface area contributed by atoms with E-state index in [0.717, 1.165) is 0 Å². The van der Waals surface area contributed by atoms with E-state index in [9.17, 15) is 14.4 Å². The first-order valence-corrected chi connectivity index (χ1v) is 8.09. The third kappa shape index (κ3) is 5.17. The van der Waals surface area contributed by atoms with E-state index in [4.69, 9.17) is 15.0 Å². The Labute approximate surface area is 150 Å². The maximum Gasteiger partial charge on any atom is 0.310 e. The smallest absolute Gasteiger partial charge is 0.310 e. The second-order valence-electron chi connectivity index (χ2n) is 5.74. The molecule has 8 heteroatoms. The fraction of sp³-hybridized carbons (Fsp3) is 0.333. The average molecular weight is 359 g/mol. The molecule has 0 atom stereocenters. The predicted octanol–water partition coefficient (Wildman–Crippen LogP) is 1.29. The van der Waals surface area contributed by atoms with E-state index in [1.807, 2.05) is 6.07 Å². The summed E-state index contributed by atoms with van der Waals surface area (Å²) in [6, 6.07) is 8.80. The highest BCUT2D eigenvalue weighted by Crippen LogP contribution is 2.15. The number of ether oxygens (including phenoxy) is 1. The van der Waals surface area contributed by atoms with Gasteiger partial charge in [-0.25, -0.2) is 0 Å². The zero-order chi connectivity index (χ0) is 19.1. The molecule has 1 aromatic carbocycles. The van der Waals surface area contributed by atoms with Crippen LogP contribution in [-0.2, 0) is 25.5 Å². The Kier molecular flexibility index (Phi) is 6.48. The molecule has 0 aliphatic carbocycles. The van der Waals surface area contributed by atoms with E-state index >= 15 is 0 Å². The lowest BCUT2D eigenvalue weighted by atomic mass is 10.1. The number of aryl methyl sites for hydroxylation is 2. The second-order valence-corrected chi connectivity index (χ2v) is 5.74. The zero-order valence-corrected chi connectivity index (χ0v) is 14.7. The van der Waals surface area contributed by atoms with Crippen molar-refractivity contribution in [3.05, 3.63) is 47.3 Å². The van der Waals surface area contributed by atoms with Gasteiger partial charge >= 0.3 is 5.97 Å². The first-order chi connectivity index (χ1) is 12.4. The van der Waals surface area contributed by atoms with Crippen molar-refractivity contribution in [2.24, 2.45) is 5.73 Å². The Morgan fingerprint density at radius 2 is 1.88 bits per heavy atom. The quantitative estimate of drug-likeness (QED) is 0.710. The van der Waals surface area contributed by atoms with E-state index < -0.39 is 24.4 Å². The molecule has 2 aromatic rings. The fourth-order valence-corrected chi connectivity index (χ4v) is 2.40. The molecule has 0 unspecified atom stereocenters. The predicted molar refractivity (Wildman–Crippen MR) is 93.2 cm³/mol. The van der Waals surface area contributed by atoms with Crippen LogP contribution in [0, 0.1) is 13.8 Å². The number of aromatic nitrogens is 1. The van der Waals surface area contributed by atoms with Crippen molar-refractivity contribution in [2.45, 2.75) is 26.7 Å². The van der Waals surface area contributed by atoms with Crippen molar-refractivity contribution < 1.29 is 23.6 Å². The molecule has 0 spiro atoms. The van der Waals surface area contributed by atoms with Gasteiger partial charge in [0, 0.05) is 24.2 Å². The van der Waals surface area contributed by atoms with E-state index in [-0.39, 0.29) is 19.4 Å². The minimum absolute atomic E-state index is 0.00760.